The van der Waals surface area contributed by atoms with Crippen molar-refractivity contribution in [2.75, 3.05) is 0 Å². The fraction of sp³-hybridized carbons (Fsp3) is 0.467. The molecular formula is C15H19BO. The normalized spacial score (nSPS) is 24.2. The van der Waals surface area contributed by atoms with Gasteiger partial charge in [0.25, 0.3) is 0 Å². The third kappa shape index (κ3) is 3.39. The van der Waals surface area contributed by atoms with Crippen LogP contribution in [0.3, 0.4) is 0 Å². The third-order valence-corrected chi connectivity index (χ3v) is 3.28. The van der Waals surface area contributed by atoms with Crippen LogP contribution in [0.4, 0.5) is 0 Å². The van der Waals surface area contributed by atoms with E-state index in [4.69, 9.17) is 12.6 Å². The van der Waals surface area contributed by atoms with Gasteiger partial charge in [0.05, 0.1) is 5.76 Å². The zero-order valence-corrected chi connectivity index (χ0v) is 10.6. The van der Waals surface area contributed by atoms with E-state index in [1.165, 1.54) is 5.57 Å². The monoisotopic (exact) mass is 226 g/mol. The van der Waals surface area contributed by atoms with Crippen molar-refractivity contribution in [3.05, 3.63) is 47.2 Å². The first-order chi connectivity index (χ1) is 8.15. The molecule has 2 rings (SSSR count). The maximum atomic E-state index is 5.94. The predicted molar refractivity (Wildman–Crippen MR) is 72.7 cm³/mol. The minimum atomic E-state index is 0.155. The number of allylic oxidation sites excluding steroid dienone is 6. The average molecular weight is 226 g/mol. The molecule has 1 atom stereocenters. The van der Waals surface area contributed by atoms with Gasteiger partial charge in [-0.15, -0.1) is 5.47 Å². The molecule has 2 aliphatic carbocycles. The summed E-state index contributed by atoms with van der Waals surface area (Å²) in [6.07, 6.45) is 13.5. The summed E-state index contributed by atoms with van der Waals surface area (Å²) in [5.41, 5.74) is 2.35. The van der Waals surface area contributed by atoms with Gasteiger partial charge in [-0.05, 0) is 24.5 Å². The molecule has 2 heteroatoms. The first kappa shape index (κ1) is 12.3. The van der Waals surface area contributed by atoms with E-state index < -0.39 is 0 Å². The Bertz CT molecular complexity index is 399. The number of hydrogen-bond acceptors (Lipinski definition) is 1. The SMILES string of the molecule is [B]C1=CCC(OC2=CC=C(C(C)C)CC2)C=C1. The molecule has 0 bridgehead atoms. The maximum Gasteiger partial charge on any atom is 0.120 e. The van der Waals surface area contributed by atoms with E-state index in [9.17, 15) is 0 Å². The van der Waals surface area contributed by atoms with Gasteiger partial charge < -0.3 is 4.74 Å². The Balaban J connectivity index is 1.91. The molecule has 0 aromatic rings. The summed E-state index contributed by atoms with van der Waals surface area (Å²) in [6, 6.07) is 0. The molecule has 0 amide bonds. The molecule has 0 spiro atoms. The molecule has 2 aliphatic rings. The van der Waals surface area contributed by atoms with Crippen molar-refractivity contribution in [1.29, 1.82) is 0 Å². The topological polar surface area (TPSA) is 9.23 Å². The van der Waals surface area contributed by atoms with Crippen LogP contribution >= 0.6 is 0 Å². The van der Waals surface area contributed by atoms with Crippen LogP contribution in [0.2, 0.25) is 0 Å². The van der Waals surface area contributed by atoms with Crippen molar-refractivity contribution in [3.63, 3.8) is 0 Å². The number of ether oxygens (including phenoxy) is 1. The molecule has 1 nitrogen and oxygen atoms in total. The summed E-state index contributed by atoms with van der Waals surface area (Å²) in [4.78, 5) is 0. The van der Waals surface area contributed by atoms with Gasteiger partial charge in [-0.3, -0.25) is 0 Å². The van der Waals surface area contributed by atoms with E-state index in [0.717, 1.165) is 30.5 Å². The lowest BCUT2D eigenvalue weighted by molar-refractivity contribution is 0.147. The minimum absolute atomic E-state index is 0.155. The molecule has 0 aromatic heterocycles. The molecule has 0 fully saturated rings. The Morgan fingerprint density at radius 3 is 2.65 bits per heavy atom. The molecular weight excluding hydrogens is 207 g/mol. The minimum Gasteiger partial charge on any atom is -0.490 e. The third-order valence-electron chi connectivity index (χ3n) is 3.28. The zero-order chi connectivity index (χ0) is 12.3. The zero-order valence-electron chi connectivity index (χ0n) is 10.6. The number of hydrogen-bond donors (Lipinski definition) is 0. The van der Waals surface area contributed by atoms with Crippen LogP contribution in [-0.2, 0) is 4.74 Å². The van der Waals surface area contributed by atoms with Gasteiger partial charge in [-0.2, -0.15) is 0 Å². The molecule has 2 radical (unpaired) electrons. The first-order valence-corrected chi connectivity index (χ1v) is 6.35. The summed E-state index contributed by atoms with van der Waals surface area (Å²) in [7, 11) is 5.68. The summed E-state index contributed by atoms with van der Waals surface area (Å²) < 4.78 is 5.94. The molecule has 0 aromatic carbocycles. The quantitative estimate of drug-likeness (QED) is 0.667. The van der Waals surface area contributed by atoms with Crippen molar-refractivity contribution in [2.45, 2.75) is 39.2 Å². The highest BCUT2D eigenvalue weighted by Gasteiger charge is 2.14. The van der Waals surface area contributed by atoms with Gasteiger partial charge in [-0.25, -0.2) is 0 Å². The van der Waals surface area contributed by atoms with Crippen LogP contribution in [0.15, 0.2) is 47.2 Å². The average Bonchev–Trinajstić information content (AvgIpc) is 2.33. The summed E-state index contributed by atoms with van der Waals surface area (Å²) in [5.74, 6) is 1.74. The second-order valence-electron chi connectivity index (χ2n) is 4.98. The van der Waals surface area contributed by atoms with Crippen LogP contribution < -0.4 is 0 Å². The van der Waals surface area contributed by atoms with Crippen molar-refractivity contribution in [2.24, 2.45) is 5.92 Å². The highest BCUT2D eigenvalue weighted by Crippen LogP contribution is 2.26. The van der Waals surface area contributed by atoms with Crippen LogP contribution in [0.1, 0.15) is 33.1 Å². The standard InChI is InChI=1S/C15H19BO/c1-11(2)12-3-7-14(8-4-12)17-15-9-5-13(16)6-10-15/h3,5-7,9,11,15H,4,8,10H2,1-2H3. The van der Waals surface area contributed by atoms with E-state index in [-0.39, 0.29) is 6.10 Å². The Morgan fingerprint density at radius 2 is 2.12 bits per heavy atom. The van der Waals surface area contributed by atoms with Crippen LogP contribution in [-0.4, -0.2) is 14.0 Å². The lowest BCUT2D eigenvalue weighted by Gasteiger charge is -2.22. The highest BCUT2D eigenvalue weighted by atomic mass is 16.5. The second-order valence-corrected chi connectivity index (χ2v) is 4.98. The maximum absolute atomic E-state index is 5.94. The van der Waals surface area contributed by atoms with E-state index in [1.807, 2.05) is 18.2 Å². The van der Waals surface area contributed by atoms with E-state index >= 15 is 0 Å². The van der Waals surface area contributed by atoms with Gasteiger partial charge >= 0.3 is 0 Å². The van der Waals surface area contributed by atoms with Crippen molar-refractivity contribution in [3.8, 4) is 0 Å². The van der Waals surface area contributed by atoms with Crippen molar-refractivity contribution >= 4 is 7.85 Å². The van der Waals surface area contributed by atoms with Crippen LogP contribution in [0.25, 0.3) is 0 Å². The van der Waals surface area contributed by atoms with Gasteiger partial charge in [-0.1, -0.05) is 37.6 Å². The van der Waals surface area contributed by atoms with Gasteiger partial charge in [0, 0.05) is 12.8 Å². The molecule has 0 aliphatic heterocycles. The molecule has 1 unspecified atom stereocenters. The Labute approximate surface area is 105 Å². The van der Waals surface area contributed by atoms with E-state index in [1.54, 1.807) is 0 Å². The van der Waals surface area contributed by atoms with Crippen molar-refractivity contribution < 1.29 is 4.74 Å². The van der Waals surface area contributed by atoms with Crippen LogP contribution in [0.5, 0.6) is 0 Å². The highest BCUT2D eigenvalue weighted by molar-refractivity contribution is 6.23. The lowest BCUT2D eigenvalue weighted by Crippen LogP contribution is -2.13. The van der Waals surface area contributed by atoms with Gasteiger partial charge in [0.1, 0.15) is 14.0 Å². The van der Waals surface area contributed by atoms with Gasteiger partial charge in [0.2, 0.25) is 0 Å². The number of rotatable bonds is 3. The molecule has 0 heterocycles. The second kappa shape index (κ2) is 5.44. The van der Waals surface area contributed by atoms with Gasteiger partial charge in [0.15, 0.2) is 0 Å². The molecule has 0 saturated carbocycles. The Morgan fingerprint density at radius 1 is 1.29 bits per heavy atom. The smallest absolute Gasteiger partial charge is 0.120 e. The molecule has 17 heavy (non-hydrogen) atoms. The Kier molecular flexibility index (Phi) is 3.93. The fourth-order valence-electron chi connectivity index (χ4n) is 2.11. The van der Waals surface area contributed by atoms with Crippen molar-refractivity contribution in [1.82, 2.24) is 0 Å². The first-order valence-electron chi connectivity index (χ1n) is 6.35. The molecule has 0 saturated heterocycles. The lowest BCUT2D eigenvalue weighted by atomic mass is 9.90. The summed E-state index contributed by atoms with van der Waals surface area (Å²) >= 11 is 0. The molecule has 0 N–H and O–H groups in total. The predicted octanol–water partition coefficient (Wildman–Crippen LogP) is 3.64. The Hall–Kier alpha value is -1.18. The molecule has 88 valence electrons. The largest absolute Gasteiger partial charge is 0.490 e. The summed E-state index contributed by atoms with van der Waals surface area (Å²) in [6.45, 7) is 4.48. The van der Waals surface area contributed by atoms with Crippen LogP contribution in [0, 0.1) is 5.92 Å². The van der Waals surface area contributed by atoms with E-state index in [0.29, 0.717) is 5.92 Å². The summed E-state index contributed by atoms with van der Waals surface area (Å²) in [5, 5.41) is 0. The van der Waals surface area contributed by atoms with E-state index in [2.05, 4.69) is 26.0 Å². The fourth-order valence-corrected chi connectivity index (χ4v) is 2.11.